The Hall–Kier alpha value is -0.830. The first-order valence-corrected chi connectivity index (χ1v) is 4.10. The Balaban J connectivity index is 3.61. The number of nitrogens with one attached hydrogen (secondary N) is 1. The molecular weight excluding hydrogens is 154 g/mol. The second-order valence-corrected chi connectivity index (χ2v) is 3.29. The number of allylic oxidation sites excluding steroid dienone is 1. The van der Waals surface area contributed by atoms with Gasteiger partial charge in [-0.1, -0.05) is 6.08 Å². The molecule has 0 heterocycles. The third-order valence-electron chi connectivity index (χ3n) is 1.69. The summed E-state index contributed by atoms with van der Waals surface area (Å²) < 4.78 is 0. The lowest BCUT2D eigenvalue weighted by molar-refractivity contribution is -0.143. The van der Waals surface area contributed by atoms with Gasteiger partial charge in [-0.25, -0.2) is 0 Å². The third-order valence-corrected chi connectivity index (χ3v) is 1.69. The molecule has 0 bridgehead atoms. The van der Waals surface area contributed by atoms with Gasteiger partial charge in [0.2, 0.25) is 0 Å². The van der Waals surface area contributed by atoms with Gasteiger partial charge in [-0.05, 0) is 33.2 Å². The van der Waals surface area contributed by atoms with Gasteiger partial charge in [-0.15, -0.1) is 6.58 Å². The Morgan fingerprint density at radius 1 is 1.67 bits per heavy atom. The van der Waals surface area contributed by atoms with Gasteiger partial charge in [-0.2, -0.15) is 0 Å². The Labute approximate surface area is 73.5 Å². The lowest BCUT2D eigenvalue weighted by Gasteiger charge is -2.20. The normalized spacial score (nSPS) is 11.2. The molecule has 0 rings (SSSR count). The standard InChI is InChI=1S/C9H17NO2/c1-4-5-6-7-10-9(2,3)8(11)12/h4,10H,1,5-7H2,2-3H3,(H,11,12). The van der Waals surface area contributed by atoms with E-state index in [2.05, 4.69) is 11.9 Å². The zero-order valence-corrected chi connectivity index (χ0v) is 7.76. The number of unbranched alkanes of at least 4 members (excludes halogenated alkanes) is 1. The fourth-order valence-electron chi connectivity index (χ4n) is 0.723. The lowest BCUT2D eigenvalue weighted by atomic mass is 10.1. The van der Waals surface area contributed by atoms with Gasteiger partial charge in [0.15, 0.2) is 0 Å². The van der Waals surface area contributed by atoms with Crippen LogP contribution in [-0.2, 0) is 4.79 Å². The molecule has 0 unspecified atom stereocenters. The van der Waals surface area contributed by atoms with Gasteiger partial charge in [-0.3, -0.25) is 4.79 Å². The molecule has 0 spiro atoms. The van der Waals surface area contributed by atoms with Gasteiger partial charge in [0.1, 0.15) is 5.54 Å². The van der Waals surface area contributed by atoms with E-state index in [9.17, 15) is 4.79 Å². The Morgan fingerprint density at radius 3 is 2.67 bits per heavy atom. The van der Waals surface area contributed by atoms with Crippen LogP contribution < -0.4 is 5.32 Å². The summed E-state index contributed by atoms with van der Waals surface area (Å²) in [6.07, 6.45) is 3.68. The first-order valence-electron chi connectivity index (χ1n) is 4.10. The Bertz CT molecular complexity index is 164. The van der Waals surface area contributed by atoms with Crippen LogP contribution >= 0.6 is 0 Å². The second-order valence-electron chi connectivity index (χ2n) is 3.29. The number of hydrogen-bond acceptors (Lipinski definition) is 2. The monoisotopic (exact) mass is 171 g/mol. The molecule has 0 aromatic heterocycles. The highest BCUT2D eigenvalue weighted by atomic mass is 16.4. The van der Waals surface area contributed by atoms with Crippen molar-refractivity contribution in [1.29, 1.82) is 0 Å². The summed E-state index contributed by atoms with van der Waals surface area (Å²) in [4.78, 5) is 10.6. The van der Waals surface area contributed by atoms with Crippen LogP contribution in [0.25, 0.3) is 0 Å². The summed E-state index contributed by atoms with van der Waals surface area (Å²) in [5, 5.41) is 11.7. The smallest absolute Gasteiger partial charge is 0.323 e. The first kappa shape index (κ1) is 11.2. The number of aliphatic carboxylic acids is 1. The summed E-state index contributed by atoms with van der Waals surface area (Å²) in [6.45, 7) is 7.61. The number of carboxylic acids is 1. The van der Waals surface area contributed by atoms with Crippen molar-refractivity contribution in [3.8, 4) is 0 Å². The molecule has 0 aliphatic rings. The maximum Gasteiger partial charge on any atom is 0.323 e. The summed E-state index contributed by atoms with van der Waals surface area (Å²) in [7, 11) is 0. The molecule has 0 aliphatic carbocycles. The van der Waals surface area contributed by atoms with Crippen molar-refractivity contribution in [1.82, 2.24) is 5.32 Å². The van der Waals surface area contributed by atoms with Gasteiger partial charge in [0.25, 0.3) is 0 Å². The van der Waals surface area contributed by atoms with Crippen molar-refractivity contribution in [3.63, 3.8) is 0 Å². The third kappa shape index (κ3) is 4.13. The van der Waals surface area contributed by atoms with Crippen LogP contribution in [0.5, 0.6) is 0 Å². The molecule has 0 fully saturated rings. The number of carboxylic acid groups (broad SMARTS) is 1. The van der Waals surface area contributed by atoms with E-state index in [0.29, 0.717) is 6.54 Å². The fraction of sp³-hybridized carbons (Fsp3) is 0.667. The molecule has 0 saturated carbocycles. The number of carbonyl (C=O) groups is 1. The molecule has 0 amide bonds. The Kier molecular flexibility index (Phi) is 4.59. The van der Waals surface area contributed by atoms with E-state index >= 15 is 0 Å². The summed E-state index contributed by atoms with van der Waals surface area (Å²) in [5.74, 6) is -0.818. The molecule has 3 nitrogen and oxygen atoms in total. The van der Waals surface area contributed by atoms with Crippen molar-refractivity contribution < 1.29 is 9.90 Å². The molecule has 70 valence electrons. The van der Waals surface area contributed by atoms with Crippen LogP contribution in [-0.4, -0.2) is 23.2 Å². The molecule has 0 aromatic rings. The topological polar surface area (TPSA) is 49.3 Å². The van der Waals surface area contributed by atoms with E-state index in [1.807, 2.05) is 6.08 Å². The van der Waals surface area contributed by atoms with Crippen molar-refractivity contribution in [3.05, 3.63) is 12.7 Å². The molecule has 0 aromatic carbocycles. The maximum absolute atomic E-state index is 10.6. The summed E-state index contributed by atoms with van der Waals surface area (Å²) in [6, 6.07) is 0. The van der Waals surface area contributed by atoms with Crippen LogP contribution in [0.1, 0.15) is 26.7 Å². The van der Waals surface area contributed by atoms with Crippen LogP contribution in [0, 0.1) is 0 Å². The highest BCUT2D eigenvalue weighted by Crippen LogP contribution is 2.01. The molecule has 0 aliphatic heterocycles. The quantitative estimate of drug-likeness (QED) is 0.469. The van der Waals surface area contributed by atoms with E-state index in [-0.39, 0.29) is 0 Å². The van der Waals surface area contributed by atoms with Gasteiger partial charge in [0, 0.05) is 0 Å². The first-order chi connectivity index (χ1) is 5.50. The second kappa shape index (κ2) is 4.93. The van der Waals surface area contributed by atoms with Crippen molar-refractivity contribution in [2.24, 2.45) is 0 Å². The molecular formula is C9H17NO2. The minimum atomic E-state index is -0.818. The van der Waals surface area contributed by atoms with Crippen LogP contribution in [0.4, 0.5) is 0 Å². The largest absolute Gasteiger partial charge is 0.480 e. The lowest BCUT2D eigenvalue weighted by Crippen LogP contribution is -2.46. The van der Waals surface area contributed by atoms with Crippen molar-refractivity contribution >= 4 is 5.97 Å². The van der Waals surface area contributed by atoms with E-state index in [1.54, 1.807) is 13.8 Å². The van der Waals surface area contributed by atoms with E-state index in [4.69, 9.17) is 5.11 Å². The van der Waals surface area contributed by atoms with Crippen LogP contribution in [0.3, 0.4) is 0 Å². The minimum Gasteiger partial charge on any atom is -0.480 e. The molecule has 0 atom stereocenters. The summed E-state index contributed by atoms with van der Waals surface area (Å²) in [5.41, 5.74) is -0.818. The van der Waals surface area contributed by atoms with Crippen molar-refractivity contribution in [2.75, 3.05) is 6.54 Å². The van der Waals surface area contributed by atoms with Gasteiger partial charge < -0.3 is 10.4 Å². The minimum absolute atomic E-state index is 0.714. The molecule has 3 heteroatoms. The maximum atomic E-state index is 10.6. The molecule has 0 radical (unpaired) electrons. The van der Waals surface area contributed by atoms with Gasteiger partial charge >= 0.3 is 5.97 Å². The molecule has 2 N–H and O–H groups in total. The average molecular weight is 171 g/mol. The molecule has 12 heavy (non-hydrogen) atoms. The highest BCUT2D eigenvalue weighted by Gasteiger charge is 2.25. The fourth-order valence-corrected chi connectivity index (χ4v) is 0.723. The van der Waals surface area contributed by atoms with Gasteiger partial charge in [0.05, 0.1) is 0 Å². The van der Waals surface area contributed by atoms with E-state index < -0.39 is 11.5 Å². The predicted octanol–water partition coefficient (Wildman–Crippen LogP) is 1.41. The van der Waals surface area contributed by atoms with E-state index in [1.165, 1.54) is 0 Å². The van der Waals surface area contributed by atoms with Crippen LogP contribution in [0.15, 0.2) is 12.7 Å². The number of hydrogen-bond donors (Lipinski definition) is 2. The van der Waals surface area contributed by atoms with E-state index in [0.717, 1.165) is 12.8 Å². The zero-order valence-electron chi connectivity index (χ0n) is 7.76. The highest BCUT2D eigenvalue weighted by molar-refractivity contribution is 5.77. The average Bonchev–Trinajstić information content (AvgIpc) is 1.98. The zero-order chi connectivity index (χ0) is 9.61. The predicted molar refractivity (Wildman–Crippen MR) is 49.1 cm³/mol. The number of rotatable bonds is 6. The SMILES string of the molecule is C=CCCCNC(C)(C)C(=O)O. The Morgan fingerprint density at radius 2 is 2.25 bits per heavy atom. The van der Waals surface area contributed by atoms with Crippen LogP contribution in [0.2, 0.25) is 0 Å². The summed E-state index contributed by atoms with van der Waals surface area (Å²) >= 11 is 0. The van der Waals surface area contributed by atoms with Crippen molar-refractivity contribution in [2.45, 2.75) is 32.2 Å². The molecule has 0 saturated heterocycles.